The molecule has 2 unspecified atom stereocenters. The van der Waals surface area contributed by atoms with Crippen LogP contribution in [-0.2, 0) is 9.84 Å². The highest BCUT2D eigenvalue weighted by Crippen LogP contribution is 2.45. The number of ether oxygens (including phenoxy) is 2. The van der Waals surface area contributed by atoms with E-state index in [4.69, 9.17) is 15.2 Å². The van der Waals surface area contributed by atoms with Crippen molar-refractivity contribution in [2.45, 2.75) is 17.4 Å². The van der Waals surface area contributed by atoms with E-state index in [1.807, 2.05) is 13.1 Å². The number of fused-ring (bicyclic) bond motifs is 1. The topological polar surface area (TPSA) is 81.9 Å². The lowest BCUT2D eigenvalue weighted by Gasteiger charge is -2.22. The van der Waals surface area contributed by atoms with Crippen LogP contribution >= 0.6 is 0 Å². The van der Waals surface area contributed by atoms with Gasteiger partial charge < -0.3 is 15.2 Å². The third-order valence-electron chi connectivity index (χ3n) is 4.22. The number of sulfone groups is 1. The van der Waals surface area contributed by atoms with E-state index in [1.54, 1.807) is 6.07 Å². The first kappa shape index (κ1) is 14.6. The standard InChI is InChI=1S/C14H20N2O4S/c1-16-7-9(6-15)5-11(16)10-3-4-12-13(20-8-19-12)14(10)21(2,17)18/h3-4,9,11H,5-8,15H2,1-2H3. The van der Waals surface area contributed by atoms with E-state index >= 15 is 0 Å². The van der Waals surface area contributed by atoms with Gasteiger partial charge in [-0.3, -0.25) is 4.90 Å². The summed E-state index contributed by atoms with van der Waals surface area (Å²) < 4.78 is 35.2. The second-order valence-electron chi connectivity index (χ2n) is 5.78. The van der Waals surface area contributed by atoms with Gasteiger partial charge in [-0.2, -0.15) is 0 Å². The van der Waals surface area contributed by atoms with Crippen LogP contribution in [0, 0.1) is 5.92 Å². The van der Waals surface area contributed by atoms with Crippen molar-refractivity contribution in [3.63, 3.8) is 0 Å². The number of hydrogen-bond acceptors (Lipinski definition) is 6. The summed E-state index contributed by atoms with van der Waals surface area (Å²) >= 11 is 0. The maximum absolute atomic E-state index is 12.2. The smallest absolute Gasteiger partial charge is 0.231 e. The van der Waals surface area contributed by atoms with E-state index in [0.717, 1.165) is 18.5 Å². The molecule has 0 aliphatic carbocycles. The van der Waals surface area contributed by atoms with Crippen molar-refractivity contribution in [2.75, 3.05) is 33.2 Å². The molecule has 2 aliphatic heterocycles. The molecule has 2 heterocycles. The molecule has 7 heteroatoms. The molecule has 1 fully saturated rings. The molecule has 0 aromatic heterocycles. The lowest BCUT2D eigenvalue weighted by Crippen LogP contribution is -2.21. The van der Waals surface area contributed by atoms with Gasteiger partial charge in [-0.05, 0) is 37.6 Å². The fourth-order valence-electron chi connectivity index (χ4n) is 3.25. The molecule has 3 rings (SSSR count). The summed E-state index contributed by atoms with van der Waals surface area (Å²) in [6.07, 6.45) is 2.07. The highest BCUT2D eigenvalue weighted by atomic mass is 32.2. The van der Waals surface area contributed by atoms with E-state index in [0.29, 0.717) is 24.0 Å². The molecule has 116 valence electrons. The Morgan fingerprint density at radius 1 is 1.38 bits per heavy atom. The van der Waals surface area contributed by atoms with Crippen LogP contribution in [0.2, 0.25) is 0 Å². The zero-order valence-corrected chi connectivity index (χ0v) is 13.0. The quantitative estimate of drug-likeness (QED) is 0.888. The highest BCUT2D eigenvalue weighted by molar-refractivity contribution is 7.90. The number of nitrogens with two attached hydrogens (primary N) is 1. The minimum atomic E-state index is -3.41. The van der Waals surface area contributed by atoms with Crippen LogP contribution in [0.4, 0.5) is 0 Å². The molecule has 6 nitrogen and oxygen atoms in total. The largest absolute Gasteiger partial charge is 0.454 e. The van der Waals surface area contributed by atoms with E-state index in [2.05, 4.69) is 4.90 Å². The first-order chi connectivity index (χ1) is 9.91. The summed E-state index contributed by atoms with van der Waals surface area (Å²) in [6.45, 7) is 1.55. The van der Waals surface area contributed by atoms with Crippen LogP contribution in [0.25, 0.3) is 0 Å². The van der Waals surface area contributed by atoms with Gasteiger partial charge in [0.05, 0.1) is 0 Å². The second-order valence-corrected chi connectivity index (χ2v) is 7.74. The average molecular weight is 312 g/mol. The predicted octanol–water partition coefficient (Wildman–Crippen LogP) is 0.770. The summed E-state index contributed by atoms with van der Waals surface area (Å²) in [4.78, 5) is 2.41. The zero-order valence-electron chi connectivity index (χ0n) is 12.2. The Balaban J connectivity index is 2.11. The Kier molecular flexibility index (Phi) is 3.59. The second kappa shape index (κ2) is 5.15. The van der Waals surface area contributed by atoms with Crippen molar-refractivity contribution in [1.29, 1.82) is 0 Å². The monoisotopic (exact) mass is 312 g/mol. The molecule has 1 aromatic rings. The molecule has 0 bridgehead atoms. The normalized spacial score (nSPS) is 25.5. The van der Waals surface area contributed by atoms with Gasteiger partial charge in [-0.25, -0.2) is 8.42 Å². The number of rotatable bonds is 3. The molecule has 1 aromatic carbocycles. The van der Waals surface area contributed by atoms with Gasteiger partial charge in [0, 0.05) is 18.8 Å². The van der Waals surface area contributed by atoms with Crippen molar-refractivity contribution >= 4 is 9.84 Å². The van der Waals surface area contributed by atoms with Crippen molar-refractivity contribution in [1.82, 2.24) is 4.90 Å². The van der Waals surface area contributed by atoms with E-state index in [1.165, 1.54) is 6.26 Å². The summed E-state index contributed by atoms with van der Waals surface area (Å²) in [7, 11) is -1.41. The van der Waals surface area contributed by atoms with Gasteiger partial charge in [-0.1, -0.05) is 6.07 Å². The fraction of sp³-hybridized carbons (Fsp3) is 0.571. The molecule has 21 heavy (non-hydrogen) atoms. The Labute approximate surface area is 124 Å². The van der Waals surface area contributed by atoms with E-state index < -0.39 is 9.84 Å². The fourth-order valence-corrected chi connectivity index (χ4v) is 4.38. The summed E-state index contributed by atoms with van der Waals surface area (Å²) in [5, 5.41) is 0. The highest BCUT2D eigenvalue weighted by Gasteiger charge is 2.36. The number of nitrogens with zero attached hydrogens (tertiary/aromatic N) is 1. The van der Waals surface area contributed by atoms with Crippen molar-refractivity contribution in [3.8, 4) is 11.5 Å². The molecule has 2 N–H and O–H groups in total. The van der Waals surface area contributed by atoms with Gasteiger partial charge in [0.15, 0.2) is 21.3 Å². The molecular formula is C14H20N2O4S. The maximum atomic E-state index is 12.2. The predicted molar refractivity (Wildman–Crippen MR) is 78.2 cm³/mol. The van der Waals surface area contributed by atoms with Crippen LogP contribution in [0.1, 0.15) is 18.0 Å². The SMILES string of the molecule is CN1CC(CN)CC1c1ccc2c(c1S(C)(=O)=O)OCO2. The molecular weight excluding hydrogens is 292 g/mol. The zero-order chi connectivity index (χ0) is 15.2. The Morgan fingerprint density at radius 2 is 2.14 bits per heavy atom. The maximum Gasteiger partial charge on any atom is 0.231 e. The van der Waals surface area contributed by atoms with E-state index in [-0.39, 0.29) is 17.7 Å². The molecule has 0 radical (unpaired) electrons. The van der Waals surface area contributed by atoms with Crippen molar-refractivity contribution < 1.29 is 17.9 Å². The number of likely N-dealkylation sites (tertiary alicyclic amines) is 1. The summed E-state index contributed by atoms with van der Waals surface area (Å²) in [5.41, 5.74) is 6.54. The van der Waals surface area contributed by atoms with Crippen LogP contribution in [-0.4, -0.2) is 46.5 Å². The van der Waals surface area contributed by atoms with Crippen LogP contribution in [0.15, 0.2) is 17.0 Å². The van der Waals surface area contributed by atoms with Crippen molar-refractivity contribution in [2.24, 2.45) is 11.7 Å². The Hall–Kier alpha value is -1.31. The van der Waals surface area contributed by atoms with Crippen LogP contribution in [0.3, 0.4) is 0 Å². The molecule has 0 spiro atoms. The van der Waals surface area contributed by atoms with E-state index in [9.17, 15) is 8.42 Å². The summed E-state index contributed by atoms with van der Waals surface area (Å²) in [5.74, 6) is 1.23. The molecule has 2 aliphatic rings. The minimum absolute atomic E-state index is 0.0396. The summed E-state index contributed by atoms with van der Waals surface area (Å²) in [6, 6.07) is 3.66. The Bertz CT molecular complexity index is 659. The third-order valence-corrected chi connectivity index (χ3v) is 5.38. The molecule has 0 saturated carbocycles. The van der Waals surface area contributed by atoms with Crippen LogP contribution in [0.5, 0.6) is 11.5 Å². The minimum Gasteiger partial charge on any atom is -0.454 e. The Morgan fingerprint density at radius 3 is 2.76 bits per heavy atom. The van der Waals surface area contributed by atoms with Gasteiger partial charge in [0.25, 0.3) is 0 Å². The van der Waals surface area contributed by atoms with Gasteiger partial charge in [0.1, 0.15) is 4.90 Å². The van der Waals surface area contributed by atoms with Gasteiger partial charge in [-0.15, -0.1) is 0 Å². The molecule has 0 amide bonds. The number of hydrogen-bond donors (Lipinski definition) is 1. The third kappa shape index (κ3) is 2.49. The van der Waals surface area contributed by atoms with Gasteiger partial charge in [0.2, 0.25) is 6.79 Å². The number of benzene rings is 1. The molecule has 1 saturated heterocycles. The van der Waals surface area contributed by atoms with Crippen LogP contribution < -0.4 is 15.2 Å². The molecule has 2 atom stereocenters. The first-order valence-corrected chi connectivity index (χ1v) is 8.83. The average Bonchev–Trinajstić information content (AvgIpc) is 3.01. The van der Waals surface area contributed by atoms with Gasteiger partial charge >= 0.3 is 0 Å². The lowest BCUT2D eigenvalue weighted by atomic mass is 9.99. The van der Waals surface area contributed by atoms with Crippen molar-refractivity contribution in [3.05, 3.63) is 17.7 Å². The first-order valence-electron chi connectivity index (χ1n) is 6.94. The lowest BCUT2D eigenvalue weighted by molar-refractivity contribution is 0.172.